The Morgan fingerprint density at radius 2 is 1.67 bits per heavy atom. The van der Waals surface area contributed by atoms with Gasteiger partial charge in [0.25, 0.3) is 11.8 Å². The number of imide groups is 1. The number of benzene rings is 1. The summed E-state index contributed by atoms with van der Waals surface area (Å²) < 4.78 is 0. The molecular weight excluding hydrogens is 344 g/mol. The number of hydrogen-bond acceptors (Lipinski definition) is 4. The second kappa shape index (κ2) is 7.03. The van der Waals surface area contributed by atoms with E-state index in [4.69, 9.17) is 0 Å². The molecule has 0 bridgehead atoms. The summed E-state index contributed by atoms with van der Waals surface area (Å²) in [6.45, 7) is 1.55. The predicted molar refractivity (Wildman–Crippen MR) is 99.8 cm³/mol. The quantitative estimate of drug-likeness (QED) is 0.671. The van der Waals surface area contributed by atoms with E-state index in [1.807, 2.05) is 4.90 Å². The van der Waals surface area contributed by atoms with Crippen LogP contribution >= 0.6 is 0 Å². The lowest BCUT2D eigenvalue weighted by atomic mass is 10.1. The first-order valence-electron chi connectivity index (χ1n) is 8.80. The first-order valence-corrected chi connectivity index (χ1v) is 8.80. The Morgan fingerprint density at radius 3 is 2.33 bits per heavy atom. The summed E-state index contributed by atoms with van der Waals surface area (Å²) in [7, 11) is 0. The maximum absolute atomic E-state index is 12.6. The Morgan fingerprint density at radius 1 is 1.00 bits per heavy atom. The van der Waals surface area contributed by atoms with E-state index in [2.05, 4.69) is 10.3 Å². The molecule has 2 aliphatic rings. The van der Waals surface area contributed by atoms with Crippen LogP contribution in [-0.4, -0.2) is 40.8 Å². The number of nitrogens with zero attached hydrogens (tertiary/aromatic N) is 3. The molecule has 0 aliphatic carbocycles. The van der Waals surface area contributed by atoms with Crippen molar-refractivity contribution in [2.75, 3.05) is 18.0 Å². The number of nitrogens with one attached hydrogen (secondary N) is 1. The SMILES string of the molecule is O=C(c1ccc(N2C(=O)N/C(=C\c3ccncc3)C2=O)cc1)N1CCCC1. The number of hydrogen-bond donors (Lipinski definition) is 1. The molecule has 2 fully saturated rings. The number of amides is 4. The van der Waals surface area contributed by atoms with Crippen LogP contribution in [-0.2, 0) is 4.79 Å². The molecule has 2 saturated heterocycles. The molecule has 1 N–H and O–H groups in total. The van der Waals surface area contributed by atoms with E-state index in [-0.39, 0.29) is 11.6 Å². The van der Waals surface area contributed by atoms with Crippen molar-refractivity contribution in [2.45, 2.75) is 12.8 Å². The monoisotopic (exact) mass is 362 g/mol. The lowest BCUT2D eigenvalue weighted by molar-refractivity contribution is -0.113. The normalized spacial score (nSPS) is 18.3. The molecule has 7 nitrogen and oxygen atoms in total. The van der Waals surface area contributed by atoms with Gasteiger partial charge < -0.3 is 10.2 Å². The van der Waals surface area contributed by atoms with Crippen LogP contribution in [0.25, 0.3) is 6.08 Å². The number of carbonyl (C=O) groups is 3. The highest BCUT2D eigenvalue weighted by Gasteiger charge is 2.35. The fourth-order valence-corrected chi connectivity index (χ4v) is 3.25. The van der Waals surface area contributed by atoms with Crippen LogP contribution in [0.3, 0.4) is 0 Å². The van der Waals surface area contributed by atoms with Crippen LogP contribution in [0.5, 0.6) is 0 Å². The fraction of sp³-hybridized carbons (Fsp3) is 0.200. The second-order valence-electron chi connectivity index (χ2n) is 6.46. The molecule has 0 atom stereocenters. The molecule has 3 heterocycles. The van der Waals surface area contributed by atoms with Gasteiger partial charge in [0, 0.05) is 31.0 Å². The number of rotatable bonds is 3. The minimum atomic E-state index is -0.515. The summed E-state index contributed by atoms with van der Waals surface area (Å²) in [5, 5.41) is 2.59. The zero-order valence-electron chi connectivity index (χ0n) is 14.6. The van der Waals surface area contributed by atoms with Crippen molar-refractivity contribution in [3.8, 4) is 0 Å². The molecule has 7 heteroatoms. The average Bonchev–Trinajstić information content (AvgIpc) is 3.31. The molecule has 2 aliphatic heterocycles. The van der Waals surface area contributed by atoms with Crippen molar-refractivity contribution in [3.63, 3.8) is 0 Å². The Balaban J connectivity index is 1.54. The highest BCUT2D eigenvalue weighted by Crippen LogP contribution is 2.23. The fourth-order valence-electron chi connectivity index (χ4n) is 3.25. The van der Waals surface area contributed by atoms with Crippen molar-refractivity contribution in [1.82, 2.24) is 15.2 Å². The van der Waals surface area contributed by atoms with Gasteiger partial charge >= 0.3 is 6.03 Å². The molecule has 0 saturated carbocycles. The van der Waals surface area contributed by atoms with Gasteiger partial charge in [-0.25, -0.2) is 9.69 Å². The van der Waals surface area contributed by atoms with Gasteiger partial charge in [-0.05, 0) is 60.9 Å². The molecule has 4 rings (SSSR count). The number of anilines is 1. The summed E-state index contributed by atoms with van der Waals surface area (Å²) in [6, 6.07) is 9.52. The first-order chi connectivity index (χ1) is 13.1. The number of likely N-dealkylation sites (tertiary alicyclic amines) is 1. The molecule has 1 aromatic carbocycles. The second-order valence-corrected chi connectivity index (χ2v) is 6.46. The lowest BCUT2D eigenvalue weighted by Crippen LogP contribution is -2.31. The van der Waals surface area contributed by atoms with Crippen LogP contribution in [0.1, 0.15) is 28.8 Å². The van der Waals surface area contributed by atoms with E-state index in [0.717, 1.165) is 36.4 Å². The van der Waals surface area contributed by atoms with Crippen LogP contribution in [0.4, 0.5) is 10.5 Å². The molecule has 136 valence electrons. The summed E-state index contributed by atoms with van der Waals surface area (Å²) in [5.41, 5.74) is 1.94. The number of urea groups is 1. The van der Waals surface area contributed by atoms with Crippen molar-refractivity contribution < 1.29 is 14.4 Å². The Hall–Kier alpha value is -3.48. The van der Waals surface area contributed by atoms with Gasteiger partial charge in [-0.3, -0.25) is 14.6 Å². The standard InChI is InChI=1S/C20H18N4O3/c25-18(23-11-1-2-12-23)15-3-5-16(6-4-15)24-19(26)17(22-20(24)27)13-14-7-9-21-10-8-14/h3-10,13H,1-2,11-12H2,(H,22,27)/b17-13-. The van der Waals surface area contributed by atoms with Crippen LogP contribution in [0.2, 0.25) is 0 Å². The summed E-state index contributed by atoms with van der Waals surface area (Å²) in [6.07, 6.45) is 6.88. The average molecular weight is 362 g/mol. The molecule has 0 spiro atoms. The number of carbonyl (C=O) groups excluding carboxylic acids is 3. The maximum atomic E-state index is 12.6. The minimum Gasteiger partial charge on any atom is -0.339 e. The van der Waals surface area contributed by atoms with Crippen molar-refractivity contribution >= 4 is 29.6 Å². The predicted octanol–water partition coefficient (Wildman–Crippen LogP) is 2.41. The highest BCUT2D eigenvalue weighted by molar-refractivity contribution is 6.28. The van der Waals surface area contributed by atoms with Gasteiger partial charge in [-0.2, -0.15) is 0 Å². The van der Waals surface area contributed by atoms with Crippen molar-refractivity contribution in [3.05, 3.63) is 65.6 Å². The van der Waals surface area contributed by atoms with Gasteiger partial charge in [-0.1, -0.05) is 0 Å². The number of pyridine rings is 1. The zero-order chi connectivity index (χ0) is 18.8. The molecule has 27 heavy (non-hydrogen) atoms. The highest BCUT2D eigenvalue weighted by atomic mass is 16.2. The Labute approximate surface area is 156 Å². The maximum Gasteiger partial charge on any atom is 0.333 e. The molecule has 0 unspecified atom stereocenters. The van der Waals surface area contributed by atoms with Crippen LogP contribution in [0.15, 0.2) is 54.5 Å². The minimum absolute atomic E-state index is 0.0190. The largest absolute Gasteiger partial charge is 0.339 e. The van der Waals surface area contributed by atoms with Crippen molar-refractivity contribution in [1.29, 1.82) is 0 Å². The lowest BCUT2D eigenvalue weighted by Gasteiger charge is -2.16. The third-order valence-corrected chi connectivity index (χ3v) is 4.66. The van der Waals surface area contributed by atoms with Crippen LogP contribution < -0.4 is 10.2 Å². The summed E-state index contributed by atoms with van der Waals surface area (Å²) in [5.74, 6) is -0.454. The first kappa shape index (κ1) is 17.0. The third kappa shape index (κ3) is 3.31. The summed E-state index contributed by atoms with van der Waals surface area (Å²) in [4.78, 5) is 44.1. The van der Waals surface area contributed by atoms with Gasteiger partial charge in [0.15, 0.2) is 0 Å². The third-order valence-electron chi connectivity index (χ3n) is 4.66. The molecule has 1 aromatic heterocycles. The van der Waals surface area contributed by atoms with Crippen LogP contribution in [0, 0.1) is 0 Å². The van der Waals surface area contributed by atoms with Gasteiger partial charge in [0.1, 0.15) is 5.70 Å². The van der Waals surface area contributed by atoms with E-state index < -0.39 is 11.9 Å². The van der Waals surface area contributed by atoms with Crippen molar-refractivity contribution in [2.24, 2.45) is 0 Å². The van der Waals surface area contributed by atoms with E-state index in [1.165, 1.54) is 0 Å². The van der Waals surface area contributed by atoms with E-state index >= 15 is 0 Å². The molecular formula is C20H18N4O3. The van der Waals surface area contributed by atoms with E-state index in [9.17, 15) is 14.4 Å². The van der Waals surface area contributed by atoms with Gasteiger partial charge in [0.05, 0.1) is 5.69 Å². The Bertz CT molecular complexity index is 916. The topological polar surface area (TPSA) is 82.6 Å². The smallest absolute Gasteiger partial charge is 0.333 e. The Kier molecular flexibility index (Phi) is 4.42. The molecule has 0 radical (unpaired) electrons. The van der Waals surface area contributed by atoms with Gasteiger partial charge in [-0.15, -0.1) is 0 Å². The van der Waals surface area contributed by atoms with E-state index in [0.29, 0.717) is 11.3 Å². The molecule has 2 aromatic rings. The zero-order valence-corrected chi connectivity index (χ0v) is 14.6. The van der Waals surface area contributed by atoms with E-state index in [1.54, 1.807) is 54.9 Å². The summed E-state index contributed by atoms with van der Waals surface area (Å²) >= 11 is 0. The molecule has 4 amide bonds. The number of aromatic nitrogens is 1. The van der Waals surface area contributed by atoms with Gasteiger partial charge in [0.2, 0.25) is 0 Å².